The van der Waals surface area contributed by atoms with Gasteiger partial charge in [-0.1, -0.05) is 13.8 Å². The molecule has 0 atom stereocenters. The maximum Gasteiger partial charge on any atom is 0.514 e. The molecule has 0 saturated carbocycles. The van der Waals surface area contributed by atoms with Gasteiger partial charge < -0.3 is 23.5 Å². The highest BCUT2D eigenvalue weighted by Crippen LogP contribution is 2.10. The second kappa shape index (κ2) is 14.3. The van der Waals surface area contributed by atoms with Crippen LogP contribution in [0.1, 0.15) is 33.1 Å². The fourth-order valence-corrected chi connectivity index (χ4v) is 4.19. The van der Waals surface area contributed by atoms with Gasteiger partial charge in [0.05, 0.1) is 6.17 Å². The second-order valence-corrected chi connectivity index (χ2v) is 8.83. The molecule has 23 heavy (non-hydrogen) atoms. The van der Waals surface area contributed by atoms with Gasteiger partial charge in [-0.05, 0) is 65.6 Å². The van der Waals surface area contributed by atoms with E-state index in [4.69, 9.17) is 13.3 Å². The largest absolute Gasteiger partial charge is 0.514 e. The molecule has 0 saturated heterocycles. The van der Waals surface area contributed by atoms with E-state index in [0.717, 1.165) is 58.3 Å². The van der Waals surface area contributed by atoms with Gasteiger partial charge in [0.2, 0.25) is 0 Å². The molecule has 0 aliphatic heterocycles. The van der Waals surface area contributed by atoms with Gasteiger partial charge in [-0.2, -0.15) is 0 Å². The van der Waals surface area contributed by atoms with E-state index in [1.165, 1.54) is 6.42 Å². The molecule has 0 aliphatic carbocycles. The molecule has 0 bridgehead atoms. The maximum atomic E-state index is 5.59. The molecule has 0 rings (SSSR count). The summed E-state index contributed by atoms with van der Waals surface area (Å²) < 4.78 is 16.8. The average molecular weight is 350 g/mol. The van der Waals surface area contributed by atoms with Crippen LogP contribution in [0.3, 0.4) is 0 Å². The third kappa shape index (κ3) is 10.4. The predicted octanol–water partition coefficient (Wildman–Crippen LogP) is 1.44. The molecule has 0 aromatic carbocycles. The maximum absolute atomic E-state index is 5.59. The Bertz CT molecular complexity index is 261. The van der Waals surface area contributed by atoms with Crippen molar-refractivity contribution in [2.45, 2.75) is 33.1 Å². The molecular formula is C16H39N3O3Si. The molecule has 6 nitrogen and oxygen atoms in total. The van der Waals surface area contributed by atoms with Crippen molar-refractivity contribution in [2.75, 3.05) is 73.8 Å². The van der Waals surface area contributed by atoms with Crippen molar-refractivity contribution >= 4 is 8.80 Å². The number of nitrogens with zero attached hydrogens (tertiary/aromatic N) is 2. The summed E-state index contributed by atoms with van der Waals surface area (Å²) in [6.07, 6.45) is 4.21. The van der Waals surface area contributed by atoms with Crippen LogP contribution in [-0.2, 0) is 13.3 Å². The highest BCUT2D eigenvalue weighted by molar-refractivity contribution is 6.60. The molecule has 0 aromatic heterocycles. The summed E-state index contributed by atoms with van der Waals surface area (Å²) in [5.74, 6) is 0. The van der Waals surface area contributed by atoms with Crippen molar-refractivity contribution < 1.29 is 13.3 Å². The van der Waals surface area contributed by atoms with Crippen molar-refractivity contribution in [1.29, 1.82) is 0 Å². The number of hydrogen-bond donors (Lipinski definition) is 1. The summed E-state index contributed by atoms with van der Waals surface area (Å²) >= 11 is 0. The standard InChI is InChI=1S/C16H39N3O3Si/c1-7-11-17-12-9-14-19(15-10-13-18(3)8-2)16-23(20-4,21-5)22-6/h17H,7-16H2,1-6H3. The van der Waals surface area contributed by atoms with Crippen LogP contribution in [0, 0.1) is 0 Å². The minimum atomic E-state index is -2.55. The molecular weight excluding hydrogens is 310 g/mol. The van der Waals surface area contributed by atoms with Crippen molar-refractivity contribution in [3.63, 3.8) is 0 Å². The lowest BCUT2D eigenvalue weighted by atomic mass is 10.3. The van der Waals surface area contributed by atoms with Crippen LogP contribution < -0.4 is 5.32 Å². The minimum absolute atomic E-state index is 0.750. The summed E-state index contributed by atoms with van der Waals surface area (Å²) in [6.45, 7) is 10.8. The average Bonchev–Trinajstić information content (AvgIpc) is 2.58. The smallest absolute Gasteiger partial charge is 0.376 e. The Balaban J connectivity index is 4.40. The Morgan fingerprint density at radius 3 is 2.00 bits per heavy atom. The Morgan fingerprint density at radius 1 is 0.870 bits per heavy atom. The molecule has 140 valence electrons. The summed E-state index contributed by atoms with van der Waals surface area (Å²) in [5, 5.41) is 3.46. The van der Waals surface area contributed by atoms with Crippen LogP contribution in [0.25, 0.3) is 0 Å². The molecule has 0 amide bonds. The SMILES string of the molecule is CCCNCCCN(CCCN(C)CC)C[Si](OC)(OC)OC. The van der Waals surface area contributed by atoms with E-state index in [-0.39, 0.29) is 0 Å². The van der Waals surface area contributed by atoms with Crippen LogP contribution in [0.4, 0.5) is 0 Å². The summed E-state index contributed by atoms with van der Waals surface area (Å²) in [6, 6.07) is 0. The van der Waals surface area contributed by atoms with Crippen LogP contribution in [-0.4, -0.2) is 92.4 Å². The van der Waals surface area contributed by atoms with Gasteiger partial charge in [0, 0.05) is 21.3 Å². The van der Waals surface area contributed by atoms with Gasteiger partial charge in [-0.3, -0.25) is 4.90 Å². The zero-order chi connectivity index (χ0) is 17.6. The van der Waals surface area contributed by atoms with Gasteiger partial charge in [0.25, 0.3) is 0 Å². The first-order valence-electron chi connectivity index (χ1n) is 8.84. The monoisotopic (exact) mass is 349 g/mol. The molecule has 0 spiro atoms. The number of rotatable bonds is 16. The quantitative estimate of drug-likeness (QED) is 0.336. The lowest BCUT2D eigenvalue weighted by Gasteiger charge is -2.31. The third-order valence-electron chi connectivity index (χ3n) is 4.16. The first kappa shape index (κ1) is 23.0. The van der Waals surface area contributed by atoms with Gasteiger partial charge in [-0.15, -0.1) is 0 Å². The second-order valence-electron chi connectivity index (χ2n) is 5.92. The normalized spacial score (nSPS) is 12.5. The molecule has 0 aromatic rings. The molecule has 0 aliphatic rings. The first-order chi connectivity index (χ1) is 11.1. The van der Waals surface area contributed by atoms with E-state index >= 15 is 0 Å². The van der Waals surface area contributed by atoms with E-state index < -0.39 is 8.80 Å². The van der Waals surface area contributed by atoms with Crippen molar-refractivity contribution in [3.05, 3.63) is 0 Å². The van der Waals surface area contributed by atoms with Crippen LogP contribution >= 0.6 is 0 Å². The van der Waals surface area contributed by atoms with Gasteiger partial charge >= 0.3 is 8.80 Å². The summed E-state index contributed by atoms with van der Waals surface area (Å²) in [4.78, 5) is 4.77. The first-order valence-corrected chi connectivity index (χ1v) is 10.8. The Kier molecular flexibility index (Phi) is 14.3. The number of hydrogen-bond acceptors (Lipinski definition) is 6. The third-order valence-corrected chi connectivity index (χ3v) is 6.86. The Hall–Kier alpha value is -0.0231. The zero-order valence-corrected chi connectivity index (χ0v) is 17.2. The van der Waals surface area contributed by atoms with E-state index in [9.17, 15) is 0 Å². The summed E-state index contributed by atoms with van der Waals surface area (Å²) in [5.41, 5.74) is 0. The highest BCUT2D eigenvalue weighted by Gasteiger charge is 2.39. The van der Waals surface area contributed by atoms with Crippen LogP contribution in [0.5, 0.6) is 0 Å². The summed E-state index contributed by atoms with van der Waals surface area (Å²) in [7, 11) is 4.67. The van der Waals surface area contributed by atoms with E-state index in [2.05, 4.69) is 36.0 Å². The van der Waals surface area contributed by atoms with Crippen molar-refractivity contribution in [2.24, 2.45) is 0 Å². The van der Waals surface area contributed by atoms with Gasteiger partial charge in [0.1, 0.15) is 0 Å². The molecule has 0 unspecified atom stereocenters. The Morgan fingerprint density at radius 2 is 1.48 bits per heavy atom. The predicted molar refractivity (Wildman–Crippen MR) is 98.8 cm³/mol. The highest BCUT2D eigenvalue weighted by atomic mass is 28.4. The molecule has 0 heterocycles. The minimum Gasteiger partial charge on any atom is -0.376 e. The lowest BCUT2D eigenvalue weighted by Crippen LogP contribution is -2.54. The molecule has 1 N–H and O–H groups in total. The van der Waals surface area contributed by atoms with Crippen LogP contribution in [0.2, 0.25) is 0 Å². The fraction of sp³-hybridized carbons (Fsp3) is 1.00. The molecule has 0 fully saturated rings. The van der Waals surface area contributed by atoms with E-state index in [0.29, 0.717) is 0 Å². The lowest BCUT2D eigenvalue weighted by molar-refractivity contribution is 0.101. The van der Waals surface area contributed by atoms with E-state index in [1.54, 1.807) is 21.3 Å². The van der Waals surface area contributed by atoms with Crippen LogP contribution in [0.15, 0.2) is 0 Å². The molecule has 7 heteroatoms. The molecule has 0 radical (unpaired) electrons. The van der Waals surface area contributed by atoms with E-state index in [1.807, 2.05) is 0 Å². The zero-order valence-electron chi connectivity index (χ0n) is 16.2. The fourth-order valence-electron chi connectivity index (χ4n) is 2.44. The van der Waals surface area contributed by atoms with Gasteiger partial charge in [0.15, 0.2) is 0 Å². The topological polar surface area (TPSA) is 46.2 Å². The number of nitrogens with one attached hydrogen (secondary N) is 1. The van der Waals surface area contributed by atoms with Crippen molar-refractivity contribution in [1.82, 2.24) is 15.1 Å². The van der Waals surface area contributed by atoms with Gasteiger partial charge in [-0.25, -0.2) is 0 Å². The Labute approximate surface area is 144 Å². The van der Waals surface area contributed by atoms with Crippen molar-refractivity contribution in [3.8, 4) is 0 Å².